The Labute approximate surface area is 173 Å². The predicted molar refractivity (Wildman–Crippen MR) is 120 cm³/mol. The Bertz CT molecular complexity index is 946. The third-order valence-corrected chi connectivity index (χ3v) is 4.42. The second-order valence-electron chi connectivity index (χ2n) is 6.29. The zero-order chi connectivity index (χ0) is 21.8. The summed E-state index contributed by atoms with van der Waals surface area (Å²) in [7, 11) is 3.13. The Morgan fingerprint density at radius 3 is 2.17 bits per heavy atom. The molecular formula is C24H32N2O3. The van der Waals surface area contributed by atoms with Gasteiger partial charge in [0.15, 0.2) is 0 Å². The van der Waals surface area contributed by atoms with Crippen LogP contribution in [0.25, 0.3) is 10.9 Å². The normalized spacial score (nSPS) is 10.8. The first-order chi connectivity index (χ1) is 14.0. The minimum Gasteiger partial charge on any atom is -0.468 e. The molecule has 5 heteroatoms. The van der Waals surface area contributed by atoms with Gasteiger partial charge in [0.1, 0.15) is 6.04 Å². The van der Waals surface area contributed by atoms with Crippen LogP contribution in [-0.2, 0) is 29.4 Å². The number of aryl methyl sites for hydroxylation is 2. The molecule has 1 heterocycles. The number of hydrogen-bond acceptors (Lipinski definition) is 4. The van der Waals surface area contributed by atoms with E-state index in [1.54, 1.807) is 17.7 Å². The molecule has 0 aliphatic heterocycles. The van der Waals surface area contributed by atoms with Crippen LogP contribution < -0.4 is 11.3 Å². The van der Waals surface area contributed by atoms with E-state index >= 15 is 0 Å². The number of methoxy groups -OCH3 is 1. The molecule has 0 aliphatic carbocycles. The van der Waals surface area contributed by atoms with E-state index in [4.69, 9.17) is 5.73 Å². The van der Waals surface area contributed by atoms with Crippen LogP contribution in [0.15, 0.2) is 65.5 Å². The molecule has 3 rings (SSSR count). The van der Waals surface area contributed by atoms with Crippen LogP contribution in [0.1, 0.15) is 31.9 Å². The summed E-state index contributed by atoms with van der Waals surface area (Å²) in [6, 6.07) is 18.8. The van der Waals surface area contributed by atoms with E-state index in [0.717, 1.165) is 22.9 Å². The Morgan fingerprint density at radius 2 is 1.59 bits per heavy atom. The molecule has 29 heavy (non-hydrogen) atoms. The van der Waals surface area contributed by atoms with Crippen molar-refractivity contribution >= 4 is 16.9 Å². The molecule has 156 valence electrons. The summed E-state index contributed by atoms with van der Waals surface area (Å²) in [5.74, 6) is -0.366. The number of esters is 1. The Morgan fingerprint density at radius 1 is 1.00 bits per heavy atom. The average Bonchev–Trinajstić information content (AvgIpc) is 2.78. The number of carbonyl (C=O) groups excluding carboxylic acids is 1. The lowest BCUT2D eigenvalue weighted by atomic mass is 10.0. The third-order valence-electron chi connectivity index (χ3n) is 4.42. The van der Waals surface area contributed by atoms with E-state index in [0.29, 0.717) is 6.42 Å². The number of para-hydroxylation sites is 1. The monoisotopic (exact) mass is 396 g/mol. The summed E-state index contributed by atoms with van der Waals surface area (Å²) in [6.07, 6.45) is 1.54. The predicted octanol–water partition coefficient (Wildman–Crippen LogP) is 3.86. The van der Waals surface area contributed by atoms with Crippen LogP contribution >= 0.6 is 0 Å². The van der Waals surface area contributed by atoms with Gasteiger partial charge >= 0.3 is 5.97 Å². The van der Waals surface area contributed by atoms with Gasteiger partial charge in [-0.25, -0.2) is 0 Å². The van der Waals surface area contributed by atoms with Crippen molar-refractivity contribution in [3.05, 3.63) is 82.1 Å². The van der Waals surface area contributed by atoms with Gasteiger partial charge in [-0.05, 0) is 41.5 Å². The molecule has 0 saturated heterocycles. The van der Waals surface area contributed by atoms with Crippen molar-refractivity contribution in [3.63, 3.8) is 0 Å². The highest BCUT2D eigenvalue weighted by Gasteiger charge is 2.13. The maximum atomic E-state index is 11.2. The van der Waals surface area contributed by atoms with Crippen molar-refractivity contribution in [2.75, 3.05) is 7.11 Å². The Hall–Kier alpha value is -2.92. The van der Waals surface area contributed by atoms with Gasteiger partial charge in [0, 0.05) is 13.1 Å². The average molecular weight is 397 g/mol. The standard InChI is InChI=1S/C12H17NO2.C10H9NO.C2H6/c1-3-9-4-6-10(7-5-9)8-11(13)12(14)15-2;1-11-9-5-3-2-4-8(9)6-7-10(11)12;1-2/h4-7,11H,3,8,13H2,1-2H3;2-7H,1H3;1-2H3. The molecule has 0 spiro atoms. The SMILES string of the molecule is CC.CCc1ccc(CC(N)C(=O)OC)cc1.Cn1c(=O)ccc2ccccc21. The molecule has 3 aromatic rings. The number of hydrogen-bond donors (Lipinski definition) is 1. The van der Waals surface area contributed by atoms with Crippen molar-refractivity contribution in [2.45, 2.75) is 39.7 Å². The number of fused-ring (bicyclic) bond motifs is 1. The van der Waals surface area contributed by atoms with Gasteiger partial charge in [-0.1, -0.05) is 63.2 Å². The fourth-order valence-corrected chi connectivity index (χ4v) is 2.73. The summed E-state index contributed by atoms with van der Waals surface area (Å²) < 4.78 is 6.21. The largest absolute Gasteiger partial charge is 0.468 e. The molecule has 2 N–H and O–H groups in total. The summed E-state index contributed by atoms with van der Waals surface area (Å²) >= 11 is 0. The molecule has 2 aromatic carbocycles. The van der Waals surface area contributed by atoms with Gasteiger partial charge in [0.25, 0.3) is 5.56 Å². The summed E-state index contributed by atoms with van der Waals surface area (Å²) in [5.41, 5.74) is 9.01. The first-order valence-corrected chi connectivity index (χ1v) is 9.92. The number of pyridine rings is 1. The van der Waals surface area contributed by atoms with Gasteiger partial charge in [-0.2, -0.15) is 0 Å². The molecule has 0 radical (unpaired) electrons. The lowest BCUT2D eigenvalue weighted by Crippen LogP contribution is -2.33. The minimum atomic E-state index is -0.567. The molecule has 0 fully saturated rings. The van der Waals surface area contributed by atoms with E-state index in [2.05, 4.69) is 23.8 Å². The first-order valence-electron chi connectivity index (χ1n) is 9.92. The minimum absolute atomic E-state index is 0.0358. The highest BCUT2D eigenvalue weighted by molar-refractivity contribution is 5.78. The fourth-order valence-electron chi connectivity index (χ4n) is 2.73. The van der Waals surface area contributed by atoms with Gasteiger partial charge in [0.05, 0.1) is 12.6 Å². The van der Waals surface area contributed by atoms with Gasteiger partial charge in [-0.15, -0.1) is 0 Å². The van der Waals surface area contributed by atoms with Crippen LogP contribution in [0.2, 0.25) is 0 Å². The Kier molecular flexibility index (Phi) is 10.4. The maximum Gasteiger partial charge on any atom is 0.322 e. The molecule has 0 saturated carbocycles. The van der Waals surface area contributed by atoms with Crippen molar-refractivity contribution < 1.29 is 9.53 Å². The van der Waals surface area contributed by atoms with E-state index in [1.807, 2.05) is 56.3 Å². The quantitative estimate of drug-likeness (QED) is 0.680. The zero-order valence-electron chi connectivity index (χ0n) is 18.0. The van der Waals surface area contributed by atoms with E-state index in [9.17, 15) is 9.59 Å². The van der Waals surface area contributed by atoms with Crippen LogP contribution in [0.3, 0.4) is 0 Å². The smallest absolute Gasteiger partial charge is 0.322 e. The van der Waals surface area contributed by atoms with Crippen LogP contribution in [0.4, 0.5) is 0 Å². The van der Waals surface area contributed by atoms with E-state index in [1.165, 1.54) is 12.7 Å². The number of nitrogens with zero attached hydrogens (tertiary/aromatic N) is 1. The topological polar surface area (TPSA) is 74.3 Å². The van der Waals surface area contributed by atoms with E-state index in [-0.39, 0.29) is 11.5 Å². The van der Waals surface area contributed by atoms with E-state index < -0.39 is 6.04 Å². The highest BCUT2D eigenvalue weighted by atomic mass is 16.5. The van der Waals surface area contributed by atoms with Crippen molar-refractivity contribution in [1.82, 2.24) is 4.57 Å². The molecule has 0 amide bonds. The van der Waals surface area contributed by atoms with Crippen molar-refractivity contribution in [2.24, 2.45) is 12.8 Å². The molecule has 1 aromatic heterocycles. The molecule has 1 unspecified atom stereocenters. The first kappa shape index (κ1) is 24.1. The number of aromatic nitrogens is 1. The van der Waals surface area contributed by atoms with Crippen LogP contribution in [0.5, 0.6) is 0 Å². The molecule has 0 aliphatic rings. The lowest BCUT2D eigenvalue weighted by molar-refractivity contribution is -0.142. The second kappa shape index (κ2) is 12.5. The van der Waals surface area contributed by atoms with Gasteiger partial charge < -0.3 is 15.0 Å². The summed E-state index contributed by atoms with van der Waals surface area (Å²) in [4.78, 5) is 22.3. The van der Waals surface area contributed by atoms with Gasteiger partial charge in [-0.3, -0.25) is 9.59 Å². The third kappa shape index (κ3) is 7.20. The maximum absolute atomic E-state index is 11.2. The summed E-state index contributed by atoms with van der Waals surface area (Å²) in [6.45, 7) is 6.11. The molecule has 5 nitrogen and oxygen atoms in total. The molecule has 1 atom stereocenters. The van der Waals surface area contributed by atoms with Crippen molar-refractivity contribution in [1.29, 1.82) is 0 Å². The highest BCUT2D eigenvalue weighted by Crippen LogP contribution is 2.09. The zero-order valence-corrected chi connectivity index (χ0v) is 18.0. The second-order valence-corrected chi connectivity index (χ2v) is 6.29. The van der Waals surface area contributed by atoms with Crippen molar-refractivity contribution in [3.8, 4) is 0 Å². The lowest BCUT2D eigenvalue weighted by Gasteiger charge is -2.09. The molecule has 0 bridgehead atoms. The van der Waals surface area contributed by atoms with Gasteiger partial charge in [0.2, 0.25) is 0 Å². The Balaban J connectivity index is 0.000000272. The number of ether oxygens (including phenoxy) is 1. The number of rotatable bonds is 4. The fraction of sp³-hybridized carbons (Fsp3) is 0.333. The number of benzene rings is 2. The van der Waals surface area contributed by atoms with Crippen LogP contribution in [0, 0.1) is 0 Å². The number of nitrogens with two attached hydrogens (primary N) is 1. The number of carbonyl (C=O) groups is 1. The van der Waals surface area contributed by atoms with Crippen LogP contribution in [-0.4, -0.2) is 23.7 Å². The molecular weight excluding hydrogens is 364 g/mol. The summed E-state index contributed by atoms with van der Waals surface area (Å²) in [5, 5.41) is 1.10.